The molecule has 0 atom stereocenters. The topological polar surface area (TPSA) is 26.0 Å². The molecule has 0 aromatic heterocycles. The summed E-state index contributed by atoms with van der Waals surface area (Å²) in [4.78, 5) is 0. The van der Waals surface area contributed by atoms with Gasteiger partial charge in [0.2, 0.25) is 0 Å². The zero-order valence-electron chi connectivity index (χ0n) is 8.56. The summed E-state index contributed by atoms with van der Waals surface area (Å²) in [6, 6.07) is 4.38. The summed E-state index contributed by atoms with van der Waals surface area (Å²) < 4.78 is 25.9. The number of alkyl halides is 2. The van der Waals surface area contributed by atoms with Gasteiger partial charge in [-0.05, 0) is 31.0 Å². The van der Waals surface area contributed by atoms with Crippen molar-refractivity contribution in [1.82, 2.24) is 0 Å². The van der Waals surface area contributed by atoms with Crippen LogP contribution in [0.5, 0.6) is 0 Å². The molecule has 4 heteroatoms. The predicted octanol–water partition coefficient (Wildman–Crippen LogP) is 3.34. The fraction of sp³-hybridized carbons (Fsp3) is 0.455. The molecule has 84 valence electrons. The van der Waals surface area contributed by atoms with E-state index in [1.807, 2.05) is 0 Å². The van der Waals surface area contributed by atoms with Crippen molar-refractivity contribution in [2.24, 2.45) is 5.73 Å². The summed E-state index contributed by atoms with van der Waals surface area (Å²) in [5, 5.41) is 0.391. The van der Waals surface area contributed by atoms with E-state index in [2.05, 4.69) is 0 Å². The lowest BCUT2D eigenvalue weighted by atomic mass is 10.0. The van der Waals surface area contributed by atoms with E-state index in [1.54, 1.807) is 6.07 Å². The Morgan fingerprint density at radius 3 is 2.53 bits per heavy atom. The third kappa shape index (κ3) is 3.43. The van der Waals surface area contributed by atoms with Gasteiger partial charge in [-0.3, -0.25) is 0 Å². The largest absolute Gasteiger partial charge is 0.330 e. The van der Waals surface area contributed by atoms with Crippen molar-refractivity contribution in [3.8, 4) is 0 Å². The van der Waals surface area contributed by atoms with Crippen molar-refractivity contribution in [3.05, 3.63) is 34.3 Å². The van der Waals surface area contributed by atoms with E-state index in [0.29, 0.717) is 11.6 Å². The molecule has 0 aliphatic heterocycles. The Bertz CT molecular complexity index is 334. The minimum Gasteiger partial charge on any atom is -0.330 e. The summed E-state index contributed by atoms with van der Waals surface area (Å²) in [5.74, 6) is -2.84. The third-order valence-corrected chi connectivity index (χ3v) is 2.56. The number of nitrogens with two attached hydrogens (primary N) is 1. The highest BCUT2D eigenvalue weighted by Gasteiger charge is 2.24. The smallest absolute Gasteiger partial charge is 0.270 e. The maximum absolute atomic E-state index is 12.9. The molecule has 0 aliphatic rings. The molecule has 0 heterocycles. The van der Waals surface area contributed by atoms with Crippen molar-refractivity contribution < 1.29 is 8.78 Å². The Hall–Kier alpha value is -0.670. The molecule has 0 spiro atoms. The molecule has 0 unspecified atom stereocenters. The van der Waals surface area contributed by atoms with Crippen LogP contribution in [0.2, 0.25) is 5.02 Å². The van der Waals surface area contributed by atoms with E-state index >= 15 is 0 Å². The van der Waals surface area contributed by atoms with Crippen molar-refractivity contribution in [1.29, 1.82) is 0 Å². The molecule has 0 bridgehead atoms. The first kappa shape index (κ1) is 12.4. The lowest BCUT2D eigenvalue weighted by Crippen LogP contribution is -2.07. The second-order valence-corrected chi connectivity index (χ2v) is 3.99. The standard InChI is InChI=1S/C11H14ClF2N/c1-11(13,14)9-5-4-8(3-2-6-15)10(12)7-9/h4-5,7H,2-3,6,15H2,1H3. The van der Waals surface area contributed by atoms with Gasteiger partial charge in [-0.2, -0.15) is 0 Å². The molecule has 1 aromatic carbocycles. The molecule has 0 aliphatic carbocycles. The van der Waals surface area contributed by atoms with Gasteiger partial charge < -0.3 is 5.73 Å². The number of halogens is 3. The quantitative estimate of drug-likeness (QED) is 0.848. The summed E-state index contributed by atoms with van der Waals surface area (Å²) >= 11 is 5.90. The van der Waals surface area contributed by atoms with Crippen LogP contribution < -0.4 is 5.73 Å². The molecule has 1 nitrogen and oxygen atoms in total. The first-order chi connectivity index (χ1) is 6.95. The molecule has 0 saturated heterocycles. The number of rotatable bonds is 4. The highest BCUT2D eigenvalue weighted by molar-refractivity contribution is 6.31. The Morgan fingerprint density at radius 1 is 1.40 bits per heavy atom. The minimum absolute atomic E-state index is 0.0519. The van der Waals surface area contributed by atoms with Crippen LogP contribution in [0.25, 0.3) is 0 Å². The van der Waals surface area contributed by atoms with Gasteiger partial charge in [0.25, 0.3) is 5.92 Å². The van der Waals surface area contributed by atoms with E-state index in [1.165, 1.54) is 12.1 Å². The first-order valence-electron chi connectivity index (χ1n) is 4.82. The van der Waals surface area contributed by atoms with E-state index in [-0.39, 0.29) is 5.56 Å². The molecular formula is C11H14ClF2N. The highest BCUT2D eigenvalue weighted by Crippen LogP contribution is 2.30. The molecule has 0 fully saturated rings. The Morgan fingerprint density at radius 2 is 2.07 bits per heavy atom. The summed E-state index contributed by atoms with van der Waals surface area (Å²) in [7, 11) is 0. The average Bonchev–Trinajstić information content (AvgIpc) is 2.14. The molecule has 0 saturated carbocycles. The van der Waals surface area contributed by atoms with Crippen LogP contribution in [0.15, 0.2) is 18.2 Å². The van der Waals surface area contributed by atoms with Gasteiger partial charge in [-0.25, -0.2) is 8.78 Å². The van der Waals surface area contributed by atoms with Gasteiger partial charge >= 0.3 is 0 Å². The second kappa shape index (κ2) is 4.90. The zero-order chi connectivity index (χ0) is 11.5. The fourth-order valence-electron chi connectivity index (χ4n) is 1.32. The monoisotopic (exact) mass is 233 g/mol. The van der Waals surface area contributed by atoms with Crippen molar-refractivity contribution in [2.45, 2.75) is 25.7 Å². The fourth-order valence-corrected chi connectivity index (χ4v) is 1.59. The molecular weight excluding hydrogens is 220 g/mol. The van der Waals surface area contributed by atoms with Crippen LogP contribution in [0.4, 0.5) is 8.78 Å². The van der Waals surface area contributed by atoms with Crippen LogP contribution in [0.1, 0.15) is 24.5 Å². The number of hydrogen-bond acceptors (Lipinski definition) is 1. The molecule has 0 amide bonds. The Kier molecular flexibility index (Phi) is 4.05. The van der Waals surface area contributed by atoms with Gasteiger partial charge in [0, 0.05) is 17.5 Å². The molecule has 0 radical (unpaired) electrons. The minimum atomic E-state index is -2.84. The van der Waals surface area contributed by atoms with Gasteiger partial charge in [-0.15, -0.1) is 0 Å². The molecule has 1 rings (SSSR count). The van der Waals surface area contributed by atoms with E-state index in [4.69, 9.17) is 17.3 Å². The Labute approximate surface area is 93.2 Å². The summed E-state index contributed by atoms with van der Waals surface area (Å²) in [5.41, 5.74) is 6.18. The molecule has 2 N–H and O–H groups in total. The highest BCUT2D eigenvalue weighted by atomic mass is 35.5. The average molecular weight is 234 g/mol. The van der Waals surface area contributed by atoms with E-state index < -0.39 is 5.92 Å². The van der Waals surface area contributed by atoms with Gasteiger partial charge in [-0.1, -0.05) is 23.7 Å². The van der Waals surface area contributed by atoms with Crippen LogP contribution in [0, 0.1) is 0 Å². The van der Waals surface area contributed by atoms with Crippen LogP contribution in [0.3, 0.4) is 0 Å². The van der Waals surface area contributed by atoms with Crippen molar-refractivity contribution in [3.63, 3.8) is 0 Å². The zero-order valence-corrected chi connectivity index (χ0v) is 9.32. The van der Waals surface area contributed by atoms with E-state index in [9.17, 15) is 8.78 Å². The van der Waals surface area contributed by atoms with Crippen molar-refractivity contribution in [2.75, 3.05) is 6.54 Å². The summed E-state index contributed by atoms with van der Waals surface area (Å²) in [6.45, 7) is 1.43. The van der Waals surface area contributed by atoms with Crippen LogP contribution in [-0.2, 0) is 12.3 Å². The van der Waals surface area contributed by atoms with Gasteiger partial charge in [0.15, 0.2) is 0 Å². The van der Waals surface area contributed by atoms with Crippen LogP contribution >= 0.6 is 11.6 Å². The first-order valence-corrected chi connectivity index (χ1v) is 5.19. The number of hydrogen-bond donors (Lipinski definition) is 1. The number of benzene rings is 1. The SMILES string of the molecule is CC(F)(F)c1ccc(CCCN)c(Cl)c1. The van der Waals surface area contributed by atoms with Crippen LogP contribution in [-0.4, -0.2) is 6.54 Å². The maximum atomic E-state index is 12.9. The lowest BCUT2D eigenvalue weighted by Gasteiger charge is -2.12. The normalized spacial score (nSPS) is 11.8. The molecule has 15 heavy (non-hydrogen) atoms. The second-order valence-electron chi connectivity index (χ2n) is 3.59. The summed E-state index contributed by atoms with van der Waals surface area (Å²) in [6.07, 6.45) is 1.53. The lowest BCUT2D eigenvalue weighted by molar-refractivity contribution is 0.0174. The maximum Gasteiger partial charge on any atom is 0.270 e. The predicted molar refractivity (Wildman–Crippen MR) is 58.4 cm³/mol. The number of aryl methyl sites for hydroxylation is 1. The van der Waals surface area contributed by atoms with E-state index in [0.717, 1.165) is 25.3 Å². The third-order valence-electron chi connectivity index (χ3n) is 2.21. The molecule has 1 aromatic rings. The van der Waals surface area contributed by atoms with Gasteiger partial charge in [0.05, 0.1) is 0 Å². The van der Waals surface area contributed by atoms with Crippen molar-refractivity contribution >= 4 is 11.6 Å². The van der Waals surface area contributed by atoms with Gasteiger partial charge in [0.1, 0.15) is 0 Å². The Balaban J connectivity index is 2.88.